The number of likely N-dealkylation sites (N-methyl/N-ethyl adjacent to an activating group) is 2. The van der Waals surface area contributed by atoms with Gasteiger partial charge in [0, 0.05) is 19.7 Å². The lowest BCUT2D eigenvalue weighted by molar-refractivity contribution is -0.121. The Balaban J connectivity index is 3.01. The molecule has 3 N–H and O–H groups in total. The van der Waals surface area contributed by atoms with Crippen molar-refractivity contribution in [3.63, 3.8) is 0 Å². The summed E-state index contributed by atoms with van der Waals surface area (Å²) < 4.78 is 30.6. The van der Waals surface area contributed by atoms with E-state index in [1.165, 1.54) is 32.4 Å². The van der Waals surface area contributed by atoms with Crippen LogP contribution in [-0.2, 0) is 14.8 Å². The van der Waals surface area contributed by atoms with Gasteiger partial charge < -0.3 is 15.8 Å². The number of amides is 1. The summed E-state index contributed by atoms with van der Waals surface area (Å²) in [4.78, 5) is 11.5. The van der Waals surface area contributed by atoms with Crippen LogP contribution in [0.25, 0.3) is 0 Å². The number of hydrogen-bond acceptors (Lipinski definition) is 5. The minimum absolute atomic E-state index is 0.0235. The Hall–Kier alpha value is -1.80. The normalized spacial score (nSPS) is 11.4. The van der Waals surface area contributed by atoms with Crippen LogP contribution < -0.4 is 15.8 Å². The third-order valence-corrected chi connectivity index (χ3v) is 4.45. The molecular formula is C12H19N3O4S. The Morgan fingerprint density at radius 3 is 2.65 bits per heavy atom. The Labute approximate surface area is 118 Å². The molecule has 0 radical (unpaired) electrons. The summed E-state index contributed by atoms with van der Waals surface area (Å²) in [6.07, 6.45) is 0. The fourth-order valence-electron chi connectivity index (χ4n) is 1.57. The molecule has 112 valence electrons. The standard InChI is InChI=1S/C12H19N3O4S/c1-4-14-12(16)8-15(2)20(17,18)9-5-6-10(13)11(7-9)19-3/h5-7H,4,8,13H2,1-3H3,(H,14,16). The van der Waals surface area contributed by atoms with E-state index in [0.29, 0.717) is 12.2 Å². The molecule has 0 fully saturated rings. The second-order valence-electron chi connectivity index (χ2n) is 4.12. The van der Waals surface area contributed by atoms with E-state index in [0.717, 1.165) is 4.31 Å². The first kappa shape index (κ1) is 16.3. The van der Waals surface area contributed by atoms with Gasteiger partial charge in [0.05, 0.1) is 24.2 Å². The number of sulfonamides is 1. The lowest BCUT2D eigenvalue weighted by Gasteiger charge is -2.17. The van der Waals surface area contributed by atoms with Crippen LogP contribution in [0.3, 0.4) is 0 Å². The maximum Gasteiger partial charge on any atom is 0.243 e. The number of ether oxygens (including phenoxy) is 1. The number of methoxy groups -OCH3 is 1. The minimum atomic E-state index is -3.76. The Morgan fingerprint density at radius 2 is 2.10 bits per heavy atom. The van der Waals surface area contributed by atoms with Gasteiger partial charge in [-0.25, -0.2) is 8.42 Å². The number of rotatable bonds is 6. The molecule has 8 heteroatoms. The van der Waals surface area contributed by atoms with E-state index in [9.17, 15) is 13.2 Å². The van der Waals surface area contributed by atoms with Crippen molar-refractivity contribution in [2.24, 2.45) is 0 Å². The molecule has 1 rings (SSSR count). The van der Waals surface area contributed by atoms with Crippen LogP contribution in [0.5, 0.6) is 5.75 Å². The summed E-state index contributed by atoms with van der Waals surface area (Å²) in [7, 11) is -1.02. The van der Waals surface area contributed by atoms with Crippen molar-refractivity contribution in [2.75, 3.05) is 33.0 Å². The Kier molecular flexibility index (Phi) is 5.34. The average molecular weight is 301 g/mol. The highest BCUT2D eigenvalue weighted by molar-refractivity contribution is 7.89. The van der Waals surface area contributed by atoms with Gasteiger partial charge in [0.2, 0.25) is 15.9 Å². The van der Waals surface area contributed by atoms with Gasteiger partial charge >= 0.3 is 0 Å². The number of nitrogens with one attached hydrogen (secondary N) is 1. The van der Waals surface area contributed by atoms with Crippen molar-refractivity contribution in [3.05, 3.63) is 18.2 Å². The Morgan fingerprint density at radius 1 is 1.45 bits per heavy atom. The van der Waals surface area contributed by atoms with Crippen molar-refractivity contribution in [2.45, 2.75) is 11.8 Å². The molecule has 0 atom stereocenters. The van der Waals surface area contributed by atoms with Crippen LogP contribution in [0, 0.1) is 0 Å². The van der Waals surface area contributed by atoms with Crippen LogP contribution in [0.15, 0.2) is 23.1 Å². The molecule has 20 heavy (non-hydrogen) atoms. The second kappa shape index (κ2) is 6.58. The van der Waals surface area contributed by atoms with Gasteiger partial charge in [0.1, 0.15) is 5.75 Å². The topological polar surface area (TPSA) is 102 Å². The second-order valence-corrected chi connectivity index (χ2v) is 6.16. The summed E-state index contributed by atoms with van der Waals surface area (Å²) in [6.45, 7) is 1.96. The van der Waals surface area contributed by atoms with Crippen LogP contribution in [0.2, 0.25) is 0 Å². The van der Waals surface area contributed by atoms with E-state index in [-0.39, 0.29) is 23.1 Å². The minimum Gasteiger partial charge on any atom is -0.495 e. The molecule has 0 saturated heterocycles. The molecule has 1 amide bonds. The highest BCUT2D eigenvalue weighted by Gasteiger charge is 2.23. The summed E-state index contributed by atoms with van der Waals surface area (Å²) in [5.41, 5.74) is 5.99. The highest BCUT2D eigenvalue weighted by Crippen LogP contribution is 2.26. The van der Waals surface area contributed by atoms with Gasteiger partial charge in [-0.05, 0) is 19.1 Å². The van der Waals surface area contributed by atoms with Crippen LogP contribution in [-0.4, -0.2) is 45.9 Å². The number of anilines is 1. The number of carbonyl (C=O) groups excluding carboxylic acids is 1. The molecular weight excluding hydrogens is 282 g/mol. The monoisotopic (exact) mass is 301 g/mol. The molecule has 0 saturated carbocycles. The molecule has 0 heterocycles. The highest BCUT2D eigenvalue weighted by atomic mass is 32.2. The average Bonchev–Trinajstić information content (AvgIpc) is 2.39. The fraction of sp³-hybridized carbons (Fsp3) is 0.417. The molecule has 1 aromatic carbocycles. The Bertz CT molecular complexity index is 586. The number of carbonyl (C=O) groups is 1. The summed E-state index contributed by atoms with van der Waals surface area (Å²) in [6, 6.07) is 4.16. The molecule has 0 unspecified atom stereocenters. The quantitative estimate of drug-likeness (QED) is 0.722. The number of nitrogen functional groups attached to an aromatic ring is 1. The van der Waals surface area contributed by atoms with Crippen molar-refractivity contribution >= 4 is 21.6 Å². The molecule has 0 aliphatic heterocycles. The number of nitrogens with zero attached hydrogens (tertiary/aromatic N) is 1. The van der Waals surface area contributed by atoms with E-state index in [2.05, 4.69) is 5.32 Å². The number of benzene rings is 1. The van der Waals surface area contributed by atoms with Crippen LogP contribution >= 0.6 is 0 Å². The van der Waals surface area contributed by atoms with Gasteiger partial charge in [0.25, 0.3) is 0 Å². The lowest BCUT2D eigenvalue weighted by Crippen LogP contribution is -2.38. The molecule has 0 bridgehead atoms. The summed E-state index contributed by atoms with van der Waals surface area (Å²) >= 11 is 0. The molecule has 0 spiro atoms. The maximum absolute atomic E-state index is 12.3. The van der Waals surface area contributed by atoms with Crippen molar-refractivity contribution in [3.8, 4) is 5.75 Å². The number of hydrogen-bond donors (Lipinski definition) is 2. The largest absolute Gasteiger partial charge is 0.495 e. The number of nitrogens with two attached hydrogens (primary N) is 1. The predicted molar refractivity (Wildman–Crippen MR) is 75.9 cm³/mol. The fourth-order valence-corrected chi connectivity index (χ4v) is 2.72. The first-order valence-electron chi connectivity index (χ1n) is 5.99. The predicted octanol–water partition coefficient (Wildman–Crippen LogP) is 0.0340. The third kappa shape index (κ3) is 3.61. The van der Waals surface area contributed by atoms with Gasteiger partial charge in [0.15, 0.2) is 0 Å². The molecule has 0 aromatic heterocycles. The molecule has 1 aromatic rings. The smallest absolute Gasteiger partial charge is 0.243 e. The van der Waals surface area contributed by atoms with Crippen molar-refractivity contribution in [1.29, 1.82) is 0 Å². The SMILES string of the molecule is CCNC(=O)CN(C)S(=O)(=O)c1ccc(N)c(OC)c1. The molecule has 0 aliphatic rings. The van der Waals surface area contributed by atoms with E-state index in [4.69, 9.17) is 10.5 Å². The van der Waals surface area contributed by atoms with Gasteiger partial charge in [-0.1, -0.05) is 0 Å². The van der Waals surface area contributed by atoms with Crippen molar-refractivity contribution in [1.82, 2.24) is 9.62 Å². The van der Waals surface area contributed by atoms with E-state index in [1.807, 2.05) is 0 Å². The zero-order valence-electron chi connectivity index (χ0n) is 11.7. The third-order valence-electron chi connectivity index (χ3n) is 2.65. The first-order valence-corrected chi connectivity index (χ1v) is 7.43. The lowest BCUT2D eigenvalue weighted by atomic mass is 10.3. The summed E-state index contributed by atoms with van der Waals surface area (Å²) in [5, 5.41) is 2.54. The van der Waals surface area contributed by atoms with Gasteiger partial charge in [-0.2, -0.15) is 4.31 Å². The van der Waals surface area contributed by atoms with Crippen LogP contribution in [0.4, 0.5) is 5.69 Å². The zero-order valence-corrected chi connectivity index (χ0v) is 12.5. The first-order chi connectivity index (χ1) is 9.32. The van der Waals surface area contributed by atoms with Crippen molar-refractivity contribution < 1.29 is 17.9 Å². The maximum atomic E-state index is 12.3. The molecule has 0 aliphatic carbocycles. The zero-order chi connectivity index (χ0) is 15.3. The molecule has 7 nitrogen and oxygen atoms in total. The van der Waals surface area contributed by atoms with E-state index in [1.54, 1.807) is 6.92 Å². The van der Waals surface area contributed by atoms with E-state index >= 15 is 0 Å². The van der Waals surface area contributed by atoms with E-state index < -0.39 is 10.0 Å². The van der Waals surface area contributed by atoms with Gasteiger partial charge in [-0.3, -0.25) is 4.79 Å². The van der Waals surface area contributed by atoms with Crippen LogP contribution in [0.1, 0.15) is 6.92 Å². The summed E-state index contributed by atoms with van der Waals surface area (Å²) in [5.74, 6) is -0.0848. The van der Waals surface area contributed by atoms with Gasteiger partial charge in [-0.15, -0.1) is 0 Å².